The molecule has 1 atom stereocenters. The predicted octanol–water partition coefficient (Wildman–Crippen LogP) is 5.12. The number of alkyl halides is 3. The van der Waals surface area contributed by atoms with Gasteiger partial charge in [-0.1, -0.05) is 36.4 Å². The molecule has 0 aliphatic carbocycles. The summed E-state index contributed by atoms with van der Waals surface area (Å²) < 4.78 is 53.5. The number of nitrogens with zero attached hydrogens (tertiary/aromatic N) is 1. The number of aryl methyl sites for hydroxylation is 1. The van der Waals surface area contributed by atoms with Crippen LogP contribution >= 0.6 is 0 Å². The van der Waals surface area contributed by atoms with Crippen LogP contribution in [0.25, 0.3) is 0 Å². The van der Waals surface area contributed by atoms with E-state index < -0.39 is 22.7 Å². The van der Waals surface area contributed by atoms with Gasteiger partial charge < -0.3 is 4.72 Å². The Morgan fingerprint density at radius 1 is 0.968 bits per heavy atom. The Hall–Kier alpha value is -3.00. The molecule has 0 aliphatic heterocycles. The van der Waals surface area contributed by atoms with Crippen LogP contribution in [0.4, 0.5) is 18.9 Å². The lowest BCUT2D eigenvalue weighted by Crippen LogP contribution is -2.09. The van der Waals surface area contributed by atoms with Crippen LogP contribution in [0.3, 0.4) is 0 Å². The Labute approximate surface area is 181 Å². The van der Waals surface area contributed by atoms with E-state index in [0.29, 0.717) is 30.5 Å². The SMILES string of the molecule is O=C(CCc1cccnc1)Cc1ccc(NS(=O)Cc2cccc(C(F)(F)F)c2)cc1. The van der Waals surface area contributed by atoms with Crippen LogP contribution in [0.2, 0.25) is 0 Å². The largest absolute Gasteiger partial charge is 0.416 e. The highest BCUT2D eigenvalue weighted by molar-refractivity contribution is 7.85. The Balaban J connectivity index is 1.49. The molecule has 0 fully saturated rings. The van der Waals surface area contributed by atoms with Crippen molar-refractivity contribution in [2.75, 3.05) is 4.72 Å². The number of aromatic nitrogens is 1. The Bertz CT molecular complexity index is 1040. The minimum atomic E-state index is -4.43. The van der Waals surface area contributed by atoms with E-state index in [4.69, 9.17) is 0 Å². The maximum Gasteiger partial charge on any atom is 0.416 e. The van der Waals surface area contributed by atoms with Gasteiger partial charge in [0.2, 0.25) is 0 Å². The molecule has 4 nitrogen and oxygen atoms in total. The number of pyridine rings is 1. The molecule has 162 valence electrons. The number of anilines is 1. The van der Waals surface area contributed by atoms with E-state index in [0.717, 1.165) is 23.3 Å². The second-order valence-corrected chi connectivity index (χ2v) is 8.25. The van der Waals surface area contributed by atoms with Crippen LogP contribution in [0.5, 0.6) is 0 Å². The summed E-state index contributed by atoms with van der Waals surface area (Å²) in [6.45, 7) is 0. The molecular weight excluding hydrogens is 425 g/mol. The molecule has 8 heteroatoms. The van der Waals surface area contributed by atoms with E-state index in [1.54, 1.807) is 36.7 Å². The number of ketones is 1. The Morgan fingerprint density at radius 3 is 2.39 bits per heavy atom. The first kappa shape index (κ1) is 22.7. The first-order valence-corrected chi connectivity index (χ1v) is 10.9. The van der Waals surface area contributed by atoms with Crippen LogP contribution < -0.4 is 4.72 Å². The molecule has 0 spiro atoms. The Morgan fingerprint density at radius 2 is 1.71 bits per heavy atom. The molecule has 3 rings (SSSR count). The van der Waals surface area contributed by atoms with Gasteiger partial charge in [0.1, 0.15) is 16.8 Å². The highest BCUT2D eigenvalue weighted by atomic mass is 32.2. The molecule has 0 saturated carbocycles. The van der Waals surface area contributed by atoms with Gasteiger partial charge in [-0.05, 0) is 47.4 Å². The summed E-state index contributed by atoms with van der Waals surface area (Å²) >= 11 is 0. The molecule has 0 aliphatic rings. The fourth-order valence-electron chi connectivity index (χ4n) is 2.99. The van der Waals surface area contributed by atoms with Crippen LogP contribution in [0, 0.1) is 0 Å². The molecule has 0 bridgehead atoms. The van der Waals surface area contributed by atoms with E-state index in [9.17, 15) is 22.2 Å². The van der Waals surface area contributed by atoms with Crippen molar-refractivity contribution >= 4 is 22.5 Å². The number of carbonyl (C=O) groups is 1. The van der Waals surface area contributed by atoms with Crippen molar-refractivity contribution in [3.8, 4) is 0 Å². The van der Waals surface area contributed by atoms with Gasteiger partial charge in [-0.15, -0.1) is 0 Å². The predicted molar refractivity (Wildman–Crippen MR) is 115 cm³/mol. The van der Waals surface area contributed by atoms with Crippen LogP contribution in [0.1, 0.15) is 28.7 Å². The number of benzene rings is 2. The average molecular weight is 446 g/mol. The smallest absolute Gasteiger partial charge is 0.305 e. The number of hydrogen-bond donors (Lipinski definition) is 1. The number of halogens is 3. The first-order chi connectivity index (χ1) is 14.8. The highest BCUT2D eigenvalue weighted by Crippen LogP contribution is 2.29. The standard InChI is InChI=1S/C23H21F3N2O2S/c24-23(25,26)20-5-1-3-19(13-20)16-31(30)28-21-9-6-17(7-10-21)14-22(29)11-8-18-4-2-12-27-15-18/h1-7,9-10,12-13,15,28H,8,11,14,16H2. The Kier molecular flexibility index (Phi) is 7.57. The molecule has 2 aromatic carbocycles. The normalized spacial score (nSPS) is 12.4. The average Bonchev–Trinajstić information content (AvgIpc) is 2.74. The minimum Gasteiger partial charge on any atom is -0.305 e. The number of rotatable bonds is 9. The fraction of sp³-hybridized carbons (Fsp3) is 0.217. The third kappa shape index (κ3) is 7.32. The molecule has 0 saturated heterocycles. The summed E-state index contributed by atoms with van der Waals surface area (Å²) in [6, 6.07) is 15.5. The molecule has 31 heavy (non-hydrogen) atoms. The number of hydrogen-bond acceptors (Lipinski definition) is 3. The number of Topliss-reactive ketones (excluding diaryl/α,β-unsaturated/α-hetero) is 1. The van der Waals surface area contributed by atoms with Gasteiger partial charge in [0, 0.05) is 30.9 Å². The zero-order valence-electron chi connectivity index (χ0n) is 16.6. The molecule has 0 radical (unpaired) electrons. The first-order valence-electron chi connectivity index (χ1n) is 9.60. The van der Waals surface area contributed by atoms with Gasteiger partial charge in [-0.2, -0.15) is 13.2 Å². The van der Waals surface area contributed by atoms with Crippen LogP contribution in [0.15, 0.2) is 73.1 Å². The van der Waals surface area contributed by atoms with Crippen molar-refractivity contribution in [3.05, 3.63) is 95.3 Å². The van der Waals surface area contributed by atoms with Gasteiger partial charge in [0.15, 0.2) is 0 Å². The summed E-state index contributed by atoms with van der Waals surface area (Å²) in [6.07, 6.45) is 0.360. The fourth-order valence-corrected chi connectivity index (χ4v) is 3.95. The summed E-state index contributed by atoms with van der Waals surface area (Å²) in [5.41, 5.74) is 1.98. The lowest BCUT2D eigenvalue weighted by molar-refractivity contribution is -0.137. The minimum absolute atomic E-state index is 0.0570. The number of nitrogens with one attached hydrogen (secondary N) is 1. The number of carbonyl (C=O) groups excluding carboxylic acids is 1. The second kappa shape index (κ2) is 10.3. The van der Waals surface area contributed by atoms with Crippen molar-refractivity contribution < 1.29 is 22.2 Å². The highest BCUT2D eigenvalue weighted by Gasteiger charge is 2.30. The van der Waals surface area contributed by atoms with Gasteiger partial charge in [0.05, 0.1) is 11.3 Å². The summed E-state index contributed by atoms with van der Waals surface area (Å²) in [5, 5.41) is 0. The third-order valence-corrected chi connectivity index (χ3v) is 5.61. The van der Waals surface area contributed by atoms with Crippen molar-refractivity contribution in [1.29, 1.82) is 0 Å². The van der Waals surface area contributed by atoms with Gasteiger partial charge in [0.25, 0.3) is 0 Å². The van der Waals surface area contributed by atoms with E-state index in [1.165, 1.54) is 12.1 Å². The third-order valence-electron chi connectivity index (χ3n) is 4.55. The zero-order valence-corrected chi connectivity index (χ0v) is 17.4. The van der Waals surface area contributed by atoms with E-state index in [-0.39, 0.29) is 11.5 Å². The summed E-state index contributed by atoms with van der Waals surface area (Å²) in [7, 11) is -1.59. The monoisotopic (exact) mass is 446 g/mol. The van der Waals surface area contributed by atoms with Crippen LogP contribution in [-0.2, 0) is 40.6 Å². The molecule has 1 unspecified atom stereocenters. The topological polar surface area (TPSA) is 59.1 Å². The maximum absolute atomic E-state index is 12.8. The molecule has 1 heterocycles. The van der Waals surface area contributed by atoms with Crippen molar-refractivity contribution in [1.82, 2.24) is 4.98 Å². The summed E-state index contributed by atoms with van der Waals surface area (Å²) in [4.78, 5) is 16.2. The van der Waals surface area contributed by atoms with Crippen LogP contribution in [-0.4, -0.2) is 15.0 Å². The molecular formula is C23H21F3N2O2S. The molecule has 3 aromatic rings. The van der Waals surface area contributed by atoms with Gasteiger partial charge in [-0.3, -0.25) is 9.78 Å². The molecule has 1 N–H and O–H groups in total. The maximum atomic E-state index is 12.8. The van der Waals surface area contributed by atoms with Gasteiger partial charge in [-0.25, -0.2) is 4.21 Å². The van der Waals surface area contributed by atoms with E-state index in [1.807, 2.05) is 12.1 Å². The van der Waals surface area contributed by atoms with E-state index >= 15 is 0 Å². The lowest BCUT2D eigenvalue weighted by atomic mass is 10.0. The van der Waals surface area contributed by atoms with Crippen molar-refractivity contribution in [2.24, 2.45) is 0 Å². The van der Waals surface area contributed by atoms with Gasteiger partial charge >= 0.3 is 6.18 Å². The lowest BCUT2D eigenvalue weighted by Gasteiger charge is -2.10. The second-order valence-electron chi connectivity index (χ2n) is 7.06. The molecule has 0 amide bonds. The molecule has 1 aromatic heterocycles. The van der Waals surface area contributed by atoms with Crippen molar-refractivity contribution in [3.63, 3.8) is 0 Å². The van der Waals surface area contributed by atoms with Crippen molar-refractivity contribution in [2.45, 2.75) is 31.2 Å². The summed E-state index contributed by atoms with van der Waals surface area (Å²) in [5.74, 6) is 0.0519. The quantitative estimate of drug-likeness (QED) is 0.496. The van der Waals surface area contributed by atoms with E-state index in [2.05, 4.69) is 9.71 Å². The zero-order chi connectivity index (χ0) is 22.3.